The summed E-state index contributed by atoms with van der Waals surface area (Å²) in [7, 11) is -1.83. The molecule has 2 aliphatic rings. The van der Waals surface area contributed by atoms with Crippen molar-refractivity contribution < 1.29 is 19.0 Å². The van der Waals surface area contributed by atoms with Gasteiger partial charge in [0.15, 0.2) is 21.4 Å². The van der Waals surface area contributed by atoms with E-state index in [0.29, 0.717) is 27.7 Å². The molecule has 4 rings (SSSR count). The van der Waals surface area contributed by atoms with Crippen LogP contribution in [0.3, 0.4) is 0 Å². The van der Waals surface area contributed by atoms with Gasteiger partial charge in [0.25, 0.3) is 5.56 Å². The maximum atomic E-state index is 15.1. The molecule has 33 heavy (non-hydrogen) atoms. The number of nitrogens with zero attached hydrogens (tertiary/aromatic N) is 2. The molecule has 174 valence electrons. The number of hydrogen-bond acceptors (Lipinski definition) is 5. The van der Waals surface area contributed by atoms with E-state index in [1.807, 2.05) is 13.8 Å². The highest BCUT2D eigenvalue weighted by Crippen LogP contribution is 2.33. The molecule has 0 bridgehead atoms. The summed E-state index contributed by atoms with van der Waals surface area (Å²) in [6.45, 7) is 6.90. The number of halogens is 1. The third-order valence-electron chi connectivity index (χ3n) is 5.81. The number of sulfone groups is 1. The predicted octanol–water partition coefficient (Wildman–Crippen LogP) is 2.84. The van der Waals surface area contributed by atoms with E-state index in [-0.39, 0.29) is 29.8 Å². The van der Waals surface area contributed by atoms with Crippen molar-refractivity contribution in [3.05, 3.63) is 93.1 Å². The standard InChI is InChI=1S/C25H25FN2O4S.H2/c1-5-33(30,31)16-9-10-21(32-22-8-6-7-17(15(2)3)23(22)26)19(13-16)20-14-28(4)25(29)24-18(20)11-12-27-24;/h6-16H,5H2,1-4H3;1H. The Bertz CT molecular complexity index is 1470. The van der Waals surface area contributed by atoms with Crippen LogP contribution < -0.4 is 20.9 Å². The van der Waals surface area contributed by atoms with Gasteiger partial charge >= 0.3 is 0 Å². The molecule has 1 aliphatic heterocycles. The lowest BCUT2D eigenvalue weighted by atomic mass is 9.95. The predicted molar refractivity (Wildman–Crippen MR) is 128 cm³/mol. The topological polar surface area (TPSA) is 77.7 Å². The van der Waals surface area contributed by atoms with Gasteiger partial charge in [0.1, 0.15) is 11.1 Å². The number of ether oxygens (including phenoxy) is 1. The first kappa shape index (κ1) is 23.2. The maximum absolute atomic E-state index is 15.1. The van der Waals surface area contributed by atoms with Gasteiger partial charge in [-0.25, -0.2) is 12.8 Å². The van der Waals surface area contributed by atoms with E-state index in [1.54, 1.807) is 50.9 Å². The van der Waals surface area contributed by atoms with Gasteiger partial charge in [-0.3, -0.25) is 9.79 Å². The normalized spacial score (nSPS) is 17.7. The second kappa shape index (κ2) is 8.74. The lowest BCUT2D eigenvalue weighted by Crippen LogP contribution is -2.44. The van der Waals surface area contributed by atoms with Gasteiger partial charge in [0.05, 0.1) is 11.8 Å². The summed E-state index contributed by atoms with van der Waals surface area (Å²) in [4.78, 5) is 16.7. The SMILES string of the molecule is CCS(=O)(=O)C1[CH]C(c2cn(C)c(=O)c3c2=C[CH]N=3)=C(Oc2cccc(C(C)C)c2F)C=C1.[HH]. The summed E-state index contributed by atoms with van der Waals surface area (Å²) >= 11 is 0. The van der Waals surface area contributed by atoms with Crippen LogP contribution in [0.5, 0.6) is 5.75 Å². The van der Waals surface area contributed by atoms with Gasteiger partial charge in [-0.2, -0.15) is 0 Å². The Balaban J connectivity index is 0.00000324. The number of benzene rings is 1. The Labute approximate surface area is 193 Å². The molecule has 2 radical (unpaired) electrons. The van der Waals surface area contributed by atoms with Gasteiger partial charge in [-0.1, -0.05) is 39.0 Å². The Morgan fingerprint density at radius 3 is 2.76 bits per heavy atom. The Hall–Kier alpha value is -3.00. The third-order valence-corrected chi connectivity index (χ3v) is 7.74. The summed E-state index contributed by atoms with van der Waals surface area (Å²) in [6.07, 6.45) is 8.00. The van der Waals surface area contributed by atoms with Gasteiger partial charge in [0.2, 0.25) is 0 Å². The Morgan fingerprint density at radius 1 is 1.30 bits per heavy atom. The molecule has 0 saturated carbocycles. The number of rotatable bonds is 6. The minimum atomic E-state index is -3.43. The van der Waals surface area contributed by atoms with Crippen LogP contribution in [-0.4, -0.2) is 24.0 Å². The van der Waals surface area contributed by atoms with Crippen LogP contribution in [0, 0.1) is 18.8 Å². The van der Waals surface area contributed by atoms with Crippen LogP contribution in [0.25, 0.3) is 11.6 Å². The summed E-state index contributed by atoms with van der Waals surface area (Å²) in [5.74, 6) is -0.193. The molecule has 2 heterocycles. The van der Waals surface area contributed by atoms with Gasteiger partial charge in [-0.05, 0) is 29.7 Å². The highest BCUT2D eigenvalue weighted by atomic mass is 32.2. The average Bonchev–Trinajstić information content (AvgIpc) is 3.28. The van der Waals surface area contributed by atoms with Crippen molar-refractivity contribution in [1.82, 2.24) is 4.57 Å². The van der Waals surface area contributed by atoms with E-state index >= 15 is 4.39 Å². The van der Waals surface area contributed by atoms with Crippen molar-refractivity contribution in [3.63, 3.8) is 0 Å². The number of pyridine rings is 1. The van der Waals surface area contributed by atoms with Crippen molar-refractivity contribution in [2.45, 2.75) is 31.9 Å². The van der Waals surface area contributed by atoms with Crippen LogP contribution in [0.1, 0.15) is 39.2 Å². The molecule has 6 nitrogen and oxygen atoms in total. The number of aryl methyl sites for hydroxylation is 1. The summed E-state index contributed by atoms with van der Waals surface area (Å²) in [6, 6.07) is 4.97. The summed E-state index contributed by atoms with van der Waals surface area (Å²) in [5.41, 5.74) is 1.30. The van der Waals surface area contributed by atoms with E-state index in [2.05, 4.69) is 4.99 Å². The van der Waals surface area contributed by atoms with E-state index in [1.165, 1.54) is 23.3 Å². The molecule has 1 aromatic heterocycles. The Morgan fingerprint density at radius 2 is 2.06 bits per heavy atom. The van der Waals surface area contributed by atoms with Gasteiger partial charge < -0.3 is 9.30 Å². The fourth-order valence-corrected chi connectivity index (χ4v) is 4.94. The molecule has 0 spiro atoms. The molecule has 1 aromatic carbocycles. The summed E-state index contributed by atoms with van der Waals surface area (Å²) < 4.78 is 47.8. The fourth-order valence-electron chi connectivity index (χ4n) is 3.90. The first-order valence-corrected chi connectivity index (χ1v) is 12.4. The van der Waals surface area contributed by atoms with Crippen molar-refractivity contribution in [3.8, 4) is 5.75 Å². The quantitative estimate of drug-likeness (QED) is 0.651. The fraction of sp³-hybridized carbons (Fsp3) is 0.280. The zero-order chi connectivity index (χ0) is 23.9. The molecule has 0 N–H and O–H groups in total. The smallest absolute Gasteiger partial charge is 0.276 e. The van der Waals surface area contributed by atoms with Crippen LogP contribution in [-0.2, 0) is 16.9 Å². The first-order valence-electron chi connectivity index (χ1n) is 10.7. The van der Waals surface area contributed by atoms with Crippen molar-refractivity contribution in [2.24, 2.45) is 12.0 Å². The molecule has 2 aromatic rings. The molecule has 1 unspecified atom stereocenters. The molecule has 0 amide bonds. The lowest BCUT2D eigenvalue weighted by Gasteiger charge is -2.23. The maximum Gasteiger partial charge on any atom is 0.276 e. The number of allylic oxidation sites excluding steroid dienone is 2. The van der Waals surface area contributed by atoms with E-state index in [0.717, 1.165) is 0 Å². The molecule has 0 saturated heterocycles. The zero-order valence-corrected chi connectivity index (χ0v) is 19.7. The zero-order valence-electron chi connectivity index (χ0n) is 18.9. The monoisotopic (exact) mass is 470 g/mol. The molecular formula is C25H27FN2O4S. The highest BCUT2D eigenvalue weighted by Gasteiger charge is 2.30. The van der Waals surface area contributed by atoms with E-state index in [9.17, 15) is 13.2 Å². The summed E-state index contributed by atoms with van der Waals surface area (Å²) in [5, 5.41) is -0.0237. The molecular weight excluding hydrogens is 443 g/mol. The van der Waals surface area contributed by atoms with Crippen LogP contribution in [0.2, 0.25) is 0 Å². The molecule has 1 atom stereocenters. The van der Waals surface area contributed by atoms with E-state index < -0.39 is 20.9 Å². The number of fused-ring (bicyclic) bond motifs is 1. The minimum Gasteiger partial charge on any atom is -0.454 e. The van der Waals surface area contributed by atoms with Crippen molar-refractivity contribution in [2.75, 3.05) is 5.75 Å². The molecule has 1 aliphatic carbocycles. The van der Waals surface area contributed by atoms with Crippen LogP contribution in [0.15, 0.2) is 52.1 Å². The van der Waals surface area contributed by atoms with Crippen molar-refractivity contribution in [1.29, 1.82) is 0 Å². The van der Waals surface area contributed by atoms with E-state index in [4.69, 9.17) is 4.74 Å². The lowest BCUT2D eigenvalue weighted by molar-refractivity contribution is 0.408. The van der Waals surface area contributed by atoms with Gasteiger partial charge in [0, 0.05) is 43.2 Å². The average molecular weight is 471 g/mol. The first-order chi connectivity index (χ1) is 15.6. The number of aromatic nitrogens is 1. The van der Waals surface area contributed by atoms with Crippen LogP contribution >= 0.6 is 0 Å². The molecule has 8 heteroatoms. The third kappa shape index (κ3) is 4.19. The second-order valence-corrected chi connectivity index (χ2v) is 10.7. The second-order valence-electron chi connectivity index (χ2n) is 8.30. The molecule has 0 fully saturated rings. The highest BCUT2D eigenvalue weighted by molar-refractivity contribution is 7.92. The van der Waals surface area contributed by atoms with Crippen LogP contribution in [0.4, 0.5) is 4.39 Å². The van der Waals surface area contributed by atoms with Gasteiger partial charge in [-0.15, -0.1) is 0 Å². The minimum absolute atomic E-state index is 0. The largest absolute Gasteiger partial charge is 0.454 e. The number of hydrogen-bond donors (Lipinski definition) is 0. The Kier molecular flexibility index (Phi) is 6.14. The van der Waals surface area contributed by atoms with Crippen molar-refractivity contribution >= 4 is 21.5 Å².